The van der Waals surface area contributed by atoms with Gasteiger partial charge in [0.25, 0.3) is 0 Å². The molecule has 0 spiro atoms. The number of nitrogens with two attached hydrogens (primary N) is 1. The van der Waals surface area contributed by atoms with E-state index in [4.69, 9.17) is 5.73 Å². The Morgan fingerprint density at radius 3 is 2.56 bits per heavy atom. The van der Waals surface area contributed by atoms with Crippen LogP contribution in [0.5, 0.6) is 0 Å². The molecule has 0 radical (unpaired) electrons. The normalized spacial score (nSPS) is 17.8. The summed E-state index contributed by atoms with van der Waals surface area (Å²) >= 11 is 0. The van der Waals surface area contributed by atoms with E-state index in [0.29, 0.717) is 6.04 Å². The molecule has 2 nitrogen and oxygen atoms in total. The Morgan fingerprint density at radius 1 is 1.22 bits per heavy atom. The summed E-state index contributed by atoms with van der Waals surface area (Å²) in [7, 11) is 0. The van der Waals surface area contributed by atoms with Crippen LogP contribution >= 0.6 is 0 Å². The maximum atomic E-state index is 6.04. The Labute approximate surface area is 111 Å². The molecule has 1 saturated heterocycles. The van der Waals surface area contributed by atoms with Gasteiger partial charge in [-0.25, -0.2) is 0 Å². The zero-order chi connectivity index (χ0) is 13.0. The highest BCUT2D eigenvalue weighted by atomic mass is 15.1. The first kappa shape index (κ1) is 13.4. The van der Waals surface area contributed by atoms with Crippen LogP contribution in [0.3, 0.4) is 0 Å². The minimum Gasteiger partial charge on any atom is -0.372 e. The molecule has 1 fully saturated rings. The maximum absolute atomic E-state index is 6.04. The fourth-order valence-corrected chi connectivity index (χ4v) is 2.68. The molecule has 1 aromatic rings. The van der Waals surface area contributed by atoms with E-state index in [1.54, 1.807) is 0 Å². The highest BCUT2D eigenvalue weighted by Crippen LogP contribution is 2.23. The molecule has 0 saturated carbocycles. The smallest absolute Gasteiger partial charge is 0.0369 e. The SMILES string of the molecule is CCC(N)Cc1ccc(N2CCCCC2)cc1C. The lowest BCUT2D eigenvalue weighted by Gasteiger charge is -2.29. The summed E-state index contributed by atoms with van der Waals surface area (Å²) < 4.78 is 0. The number of hydrogen-bond donors (Lipinski definition) is 1. The second kappa shape index (κ2) is 6.24. The molecule has 18 heavy (non-hydrogen) atoms. The van der Waals surface area contributed by atoms with Gasteiger partial charge < -0.3 is 10.6 Å². The van der Waals surface area contributed by atoms with Crippen molar-refractivity contribution in [2.45, 2.75) is 52.0 Å². The Morgan fingerprint density at radius 2 is 1.94 bits per heavy atom. The Bertz CT molecular complexity index is 381. The molecular weight excluding hydrogens is 220 g/mol. The van der Waals surface area contributed by atoms with Crippen LogP contribution < -0.4 is 10.6 Å². The minimum absolute atomic E-state index is 0.296. The Balaban J connectivity index is 2.08. The quantitative estimate of drug-likeness (QED) is 0.883. The van der Waals surface area contributed by atoms with Crippen LogP contribution in [0.2, 0.25) is 0 Å². The van der Waals surface area contributed by atoms with Gasteiger partial charge in [0.05, 0.1) is 0 Å². The van der Waals surface area contributed by atoms with Crippen molar-refractivity contribution in [3.8, 4) is 0 Å². The highest BCUT2D eigenvalue weighted by molar-refractivity contribution is 5.51. The molecular formula is C16H26N2. The molecule has 1 aliphatic heterocycles. The predicted octanol–water partition coefficient (Wildman–Crippen LogP) is 3.27. The van der Waals surface area contributed by atoms with Crippen molar-refractivity contribution in [2.75, 3.05) is 18.0 Å². The third-order valence-corrected chi connectivity index (χ3v) is 4.05. The van der Waals surface area contributed by atoms with Gasteiger partial charge in [0.2, 0.25) is 0 Å². The van der Waals surface area contributed by atoms with Crippen LogP contribution in [0.15, 0.2) is 18.2 Å². The number of aryl methyl sites for hydroxylation is 1. The van der Waals surface area contributed by atoms with Gasteiger partial charge in [0, 0.05) is 24.8 Å². The number of rotatable bonds is 4. The highest BCUT2D eigenvalue weighted by Gasteiger charge is 2.12. The second-order valence-corrected chi connectivity index (χ2v) is 5.53. The van der Waals surface area contributed by atoms with Crippen molar-refractivity contribution in [3.63, 3.8) is 0 Å². The monoisotopic (exact) mass is 246 g/mol. The van der Waals surface area contributed by atoms with E-state index in [1.165, 1.54) is 49.2 Å². The van der Waals surface area contributed by atoms with E-state index in [9.17, 15) is 0 Å². The van der Waals surface area contributed by atoms with Gasteiger partial charge in [-0.3, -0.25) is 0 Å². The third-order valence-electron chi connectivity index (χ3n) is 4.05. The maximum Gasteiger partial charge on any atom is 0.0369 e. The number of benzene rings is 1. The average molecular weight is 246 g/mol. The third kappa shape index (κ3) is 3.26. The average Bonchev–Trinajstić information content (AvgIpc) is 2.42. The van der Waals surface area contributed by atoms with Crippen molar-refractivity contribution in [3.05, 3.63) is 29.3 Å². The van der Waals surface area contributed by atoms with Crippen molar-refractivity contribution in [1.82, 2.24) is 0 Å². The predicted molar refractivity (Wildman–Crippen MR) is 79.2 cm³/mol. The van der Waals surface area contributed by atoms with Crippen molar-refractivity contribution in [1.29, 1.82) is 0 Å². The molecule has 2 N–H and O–H groups in total. The van der Waals surface area contributed by atoms with Gasteiger partial charge in [-0.1, -0.05) is 13.0 Å². The van der Waals surface area contributed by atoms with Crippen LogP contribution in [-0.4, -0.2) is 19.1 Å². The fourth-order valence-electron chi connectivity index (χ4n) is 2.68. The summed E-state index contributed by atoms with van der Waals surface area (Å²) in [6.45, 7) is 6.80. The van der Waals surface area contributed by atoms with Crippen molar-refractivity contribution >= 4 is 5.69 Å². The van der Waals surface area contributed by atoms with E-state index >= 15 is 0 Å². The molecule has 1 unspecified atom stereocenters. The van der Waals surface area contributed by atoms with Gasteiger partial charge in [0.15, 0.2) is 0 Å². The molecule has 2 rings (SSSR count). The zero-order valence-electron chi connectivity index (χ0n) is 11.8. The van der Waals surface area contributed by atoms with E-state index < -0.39 is 0 Å². The molecule has 0 aromatic heterocycles. The molecule has 1 atom stereocenters. The van der Waals surface area contributed by atoms with E-state index in [0.717, 1.165) is 12.8 Å². The summed E-state index contributed by atoms with van der Waals surface area (Å²) in [6.07, 6.45) is 6.11. The van der Waals surface area contributed by atoms with Crippen molar-refractivity contribution < 1.29 is 0 Å². The number of hydrogen-bond acceptors (Lipinski definition) is 2. The Hall–Kier alpha value is -1.02. The summed E-state index contributed by atoms with van der Waals surface area (Å²) in [5.41, 5.74) is 10.2. The first-order chi connectivity index (χ1) is 8.70. The number of nitrogens with zero attached hydrogens (tertiary/aromatic N) is 1. The standard InChI is InChI=1S/C16H26N2/c1-3-15(17)12-14-7-8-16(11-13(14)2)18-9-5-4-6-10-18/h7-8,11,15H,3-6,9-10,12,17H2,1-2H3. The van der Waals surface area contributed by atoms with Crippen molar-refractivity contribution in [2.24, 2.45) is 5.73 Å². The van der Waals surface area contributed by atoms with Gasteiger partial charge in [-0.05, 0) is 62.3 Å². The first-order valence-corrected chi connectivity index (χ1v) is 7.30. The minimum atomic E-state index is 0.296. The molecule has 100 valence electrons. The number of anilines is 1. The zero-order valence-corrected chi connectivity index (χ0v) is 11.8. The van der Waals surface area contributed by atoms with Crippen LogP contribution in [0.1, 0.15) is 43.7 Å². The molecule has 0 aliphatic carbocycles. The summed E-state index contributed by atoms with van der Waals surface area (Å²) in [5.74, 6) is 0. The molecule has 2 heteroatoms. The van der Waals surface area contributed by atoms with Gasteiger partial charge in [-0.15, -0.1) is 0 Å². The largest absolute Gasteiger partial charge is 0.372 e. The second-order valence-electron chi connectivity index (χ2n) is 5.53. The Kier molecular flexibility index (Phi) is 4.65. The molecule has 0 amide bonds. The lowest BCUT2D eigenvalue weighted by atomic mass is 9.99. The van der Waals surface area contributed by atoms with E-state index in [2.05, 4.69) is 36.9 Å². The van der Waals surface area contributed by atoms with Crippen LogP contribution in [0.25, 0.3) is 0 Å². The van der Waals surface area contributed by atoms with Crippen LogP contribution in [-0.2, 0) is 6.42 Å². The summed E-state index contributed by atoms with van der Waals surface area (Å²) in [5, 5.41) is 0. The van der Waals surface area contributed by atoms with Gasteiger partial charge in [0.1, 0.15) is 0 Å². The van der Waals surface area contributed by atoms with Gasteiger partial charge >= 0.3 is 0 Å². The molecule has 0 bridgehead atoms. The lowest BCUT2D eigenvalue weighted by Crippen LogP contribution is -2.29. The number of piperidine rings is 1. The summed E-state index contributed by atoms with van der Waals surface area (Å²) in [4.78, 5) is 2.51. The van der Waals surface area contributed by atoms with Crippen LogP contribution in [0.4, 0.5) is 5.69 Å². The topological polar surface area (TPSA) is 29.3 Å². The summed E-state index contributed by atoms with van der Waals surface area (Å²) in [6, 6.07) is 7.18. The lowest BCUT2D eigenvalue weighted by molar-refractivity contribution is 0.577. The molecule has 1 aliphatic rings. The molecule has 1 aromatic carbocycles. The van der Waals surface area contributed by atoms with Crippen LogP contribution in [0, 0.1) is 6.92 Å². The molecule has 1 heterocycles. The van der Waals surface area contributed by atoms with Gasteiger partial charge in [-0.2, -0.15) is 0 Å². The van der Waals surface area contributed by atoms with E-state index in [-0.39, 0.29) is 0 Å². The fraction of sp³-hybridized carbons (Fsp3) is 0.625. The first-order valence-electron chi connectivity index (χ1n) is 7.30. The van der Waals surface area contributed by atoms with E-state index in [1.807, 2.05) is 0 Å².